The van der Waals surface area contributed by atoms with Crippen molar-refractivity contribution >= 4 is 91.8 Å². The Morgan fingerprint density at radius 2 is 0.947 bits per heavy atom. The predicted octanol–water partition coefficient (Wildman–Crippen LogP) is 9.44. The molecule has 2 heterocycles. The zero-order chi connectivity index (χ0) is 26.5. The van der Waals surface area contributed by atoms with Crippen LogP contribution in [0, 0.1) is 0 Å². The summed E-state index contributed by atoms with van der Waals surface area (Å²) in [6.07, 6.45) is 3.16. The fourth-order valence-corrected chi connectivity index (χ4v) is 5.63. The highest BCUT2D eigenvalue weighted by molar-refractivity contribution is 7.14. The normalized spacial score (nSPS) is 11.5. The van der Waals surface area contributed by atoms with Crippen molar-refractivity contribution in [1.82, 2.24) is 9.97 Å². The van der Waals surface area contributed by atoms with Crippen LogP contribution in [0.2, 0.25) is 20.1 Å². The van der Waals surface area contributed by atoms with E-state index in [1.165, 1.54) is 22.7 Å². The summed E-state index contributed by atoms with van der Waals surface area (Å²) in [7, 11) is 0. The van der Waals surface area contributed by atoms with Crippen molar-refractivity contribution in [3.05, 3.63) is 103 Å². The lowest BCUT2D eigenvalue weighted by Gasteiger charge is -2.01. The maximum absolute atomic E-state index is 6.17. The highest BCUT2D eigenvalue weighted by Crippen LogP contribution is 2.30. The van der Waals surface area contributed by atoms with E-state index in [1.807, 2.05) is 35.0 Å². The van der Waals surface area contributed by atoms with Gasteiger partial charge < -0.3 is 0 Å². The molecule has 0 aliphatic heterocycles. The van der Waals surface area contributed by atoms with Gasteiger partial charge in [-0.25, -0.2) is 9.97 Å². The molecule has 0 spiro atoms. The number of halogens is 4. The Bertz CT molecular complexity index is 1470. The number of hydrazone groups is 2. The highest BCUT2D eigenvalue weighted by Gasteiger charge is 2.08. The summed E-state index contributed by atoms with van der Waals surface area (Å²) < 4.78 is 0. The zero-order valence-electron chi connectivity index (χ0n) is 19.2. The third-order valence-corrected chi connectivity index (χ3v) is 8.00. The fraction of sp³-hybridized carbons (Fsp3) is 0. The molecule has 0 aliphatic rings. The first-order chi connectivity index (χ1) is 18.5. The largest absolute Gasteiger partial charge is 0.253 e. The summed E-state index contributed by atoms with van der Waals surface area (Å²) in [6.45, 7) is 0. The second kappa shape index (κ2) is 12.3. The van der Waals surface area contributed by atoms with Crippen LogP contribution in [0.15, 0.2) is 81.6 Å². The monoisotopic (exact) mass is 616 g/mol. The van der Waals surface area contributed by atoms with Gasteiger partial charge >= 0.3 is 0 Å². The Morgan fingerprint density at radius 1 is 0.579 bits per heavy atom. The molecule has 12 heteroatoms. The molecule has 5 aromatic rings. The first-order valence-corrected chi connectivity index (χ1v) is 14.2. The van der Waals surface area contributed by atoms with E-state index < -0.39 is 0 Å². The van der Waals surface area contributed by atoms with Crippen LogP contribution in [0.4, 0.5) is 10.3 Å². The van der Waals surface area contributed by atoms with Crippen LogP contribution in [0.3, 0.4) is 0 Å². The van der Waals surface area contributed by atoms with E-state index in [0.717, 1.165) is 22.5 Å². The van der Waals surface area contributed by atoms with Gasteiger partial charge in [0.1, 0.15) is 0 Å². The van der Waals surface area contributed by atoms with Gasteiger partial charge in [-0.3, -0.25) is 10.9 Å². The molecule has 0 saturated carbocycles. The maximum Gasteiger partial charge on any atom is 0.203 e. The third kappa shape index (κ3) is 6.35. The van der Waals surface area contributed by atoms with Crippen LogP contribution < -0.4 is 10.9 Å². The second-order valence-corrected chi connectivity index (χ2v) is 11.0. The standard InChI is InChI=1S/C26H16Cl4N6S2/c27-19-3-1-4-20(28)17(19)11-31-35-25-33-23(13-37-25)15-7-9-16(10-8-15)24-14-38-26(34-24)36-32-12-18-21(29)5-2-6-22(18)30/h1-14H,(H,33,35)(H,34,36)/b31-11+,32-12+. The molecule has 0 fully saturated rings. The number of nitrogens with zero attached hydrogens (tertiary/aromatic N) is 4. The number of nitrogens with one attached hydrogen (secondary N) is 2. The molecule has 0 amide bonds. The molecule has 38 heavy (non-hydrogen) atoms. The highest BCUT2D eigenvalue weighted by atomic mass is 35.5. The van der Waals surface area contributed by atoms with E-state index in [1.54, 1.807) is 48.8 Å². The number of anilines is 2. The first kappa shape index (κ1) is 26.6. The summed E-state index contributed by atoms with van der Waals surface area (Å²) in [6, 6.07) is 18.6. The molecule has 2 N–H and O–H groups in total. The summed E-state index contributed by atoms with van der Waals surface area (Å²) >= 11 is 27.6. The summed E-state index contributed by atoms with van der Waals surface area (Å²) in [5, 5.41) is 15.8. The van der Waals surface area contributed by atoms with Gasteiger partial charge in [-0.1, -0.05) is 82.8 Å². The minimum absolute atomic E-state index is 0.528. The third-order valence-electron chi connectivity index (χ3n) is 5.19. The van der Waals surface area contributed by atoms with Crippen LogP contribution in [0.1, 0.15) is 11.1 Å². The van der Waals surface area contributed by atoms with Gasteiger partial charge in [-0.15, -0.1) is 22.7 Å². The molecule has 3 aromatic carbocycles. The molecule has 0 bridgehead atoms. The van der Waals surface area contributed by atoms with Crippen LogP contribution in [-0.4, -0.2) is 22.4 Å². The average molecular weight is 618 g/mol. The van der Waals surface area contributed by atoms with Gasteiger partial charge in [0.05, 0.1) is 43.9 Å². The maximum atomic E-state index is 6.17. The number of benzene rings is 3. The van der Waals surface area contributed by atoms with E-state index in [9.17, 15) is 0 Å². The number of rotatable bonds is 8. The molecule has 190 valence electrons. The Balaban J connectivity index is 1.21. The van der Waals surface area contributed by atoms with Crippen molar-refractivity contribution in [3.8, 4) is 22.5 Å². The number of hydrogen-bond acceptors (Lipinski definition) is 8. The van der Waals surface area contributed by atoms with Gasteiger partial charge in [0.2, 0.25) is 10.3 Å². The van der Waals surface area contributed by atoms with Gasteiger partial charge in [-0.05, 0) is 24.3 Å². The Morgan fingerprint density at radius 3 is 1.32 bits per heavy atom. The number of hydrogen-bond donors (Lipinski definition) is 2. The Hall–Kier alpha value is -2.98. The van der Waals surface area contributed by atoms with E-state index in [2.05, 4.69) is 31.0 Å². The molecule has 0 unspecified atom stereocenters. The van der Waals surface area contributed by atoms with E-state index in [0.29, 0.717) is 41.5 Å². The van der Waals surface area contributed by atoms with Crippen LogP contribution in [-0.2, 0) is 0 Å². The molecular formula is C26H16Cl4N6S2. The summed E-state index contributed by atoms with van der Waals surface area (Å²) in [4.78, 5) is 9.21. The Kier molecular flexibility index (Phi) is 8.58. The van der Waals surface area contributed by atoms with Crippen molar-refractivity contribution in [2.24, 2.45) is 10.2 Å². The number of aromatic nitrogens is 2. The molecule has 2 aromatic heterocycles. The van der Waals surface area contributed by atoms with Crippen LogP contribution in [0.25, 0.3) is 22.5 Å². The van der Waals surface area contributed by atoms with Crippen molar-refractivity contribution in [1.29, 1.82) is 0 Å². The minimum Gasteiger partial charge on any atom is -0.253 e. The first-order valence-electron chi connectivity index (χ1n) is 11.0. The SMILES string of the molecule is Clc1cccc(Cl)c1/C=N/Nc1nc(-c2ccc(-c3csc(N/N=C/c4c(Cl)cccc4Cl)n3)cc2)cs1. The second-order valence-electron chi connectivity index (χ2n) is 7.66. The molecular weight excluding hydrogens is 602 g/mol. The molecule has 0 radical (unpaired) electrons. The van der Waals surface area contributed by atoms with Crippen molar-refractivity contribution in [2.45, 2.75) is 0 Å². The smallest absolute Gasteiger partial charge is 0.203 e. The van der Waals surface area contributed by atoms with Crippen LogP contribution >= 0.6 is 69.1 Å². The van der Waals surface area contributed by atoms with E-state index in [-0.39, 0.29) is 0 Å². The molecule has 0 saturated heterocycles. The van der Waals surface area contributed by atoms with Crippen molar-refractivity contribution < 1.29 is 0 Å². The van der Waals surface area contributed by atoms with E-state index >= 15 is 0 Å². The van der Waals surface area contributed by atoms with Crippen molar-refractivity contribution in [3.63, 3.8) is 0 Å². The predicted molar refractivity (Wildman–Crippen MR) is 164 cm³/mol. The van der Waals surface area contributed by atoms with Gasteiger partial charge in [-0.2, -0.15) is 10.2 Å². The molecule has 0 atom stereocenters. The molecule has 6 nitrogen and oxygen atoms in total. The van der Waals surface area contributed by atoms with Gasteiger partial charge in [0, 0.05) is 33.0 Å². The quantitative estimate of drug-likeness (QED) is 0.134. The Labute approximate surface area is 246 Å². The topological polar surface area (TPSA) is 74.6 Å². The van der Waals surface area contributed by atoms with E-state index in [4.69, 9.17) is 46.4 Å². The average Bonchev–Trinajstić information content (AvgIpc) is 3.58. The summed E-state index contributed by atoms with van der Waals surface area (Å²) in [5.41, 5.74) is 10.8. The minimum atomic E-state index is 0.528. The summed E-state index contributed by atoms with van der Waals surface area (Å²) in [5.74, 6) is 0. The lowest BCUT2D eigenvalue weighted by molar-refractivity contribution is 1.28. The van der Waals surface area contributed by atoms with Gasteiger partial charge in [0.15, 0.2) is 0 Å². The number of thiazole rings is 2. The van der Waals surface area contributed by atoms with Crippen molar-refractivity contribution in [2.75, 3.05) is 10.9 Å². The fourth-order valence-electron chi connectivity index (χ4n) is 3.30. The lowest BCUT2D eigenvalue weighted by Crippen LogP contribution is -1.92. The molecule has 0 aliphatic carbocycles. The molecule has 5 rings (SSSR count). The lowest BCUT2D eigenvalue weighted by atomic mass is 10.1. The van der Waals surface area contributed by atoms with Crippen LogP contribution in [0.5, 0.6) is 0 Å². The zero-order valence-corrected chi connectivity index (χ0v) is 23.9. The van der Waals surface area contributed by atoms with Gasteiger partial charge in [0.25, 0.3) is 0 Å².